The minimum absolute atomic E-state index is 0.211. The zero-order chi connectivity index (χ0) is 20.6. The van der Waals surface area contributed by atoms with Crippen molar-refractivity contribution in [1.82, 2.24) is 5.32 Å². The third kappa shape index (κ3) is 10.9. The second-order valence-electron chi connectivity index (χ2n) is 8.05. The van der Waals surface area contributed by atoms with Gasteiger partial charge >= 0.3 is 0 Å². The number of hydrogen-bond donors (Lipinski definition) is 1. The van der Waals surface area contributed by atoms with Crippen molar-refractivity contribution in [1.29, 1.82) is 0 Å². The summed E-state index contributed by atoms with van der Waals surface area (Å²) in [4.78, 5) is 12.1. The Morgan fingerprint density at radius 2 is 1.52 bits per heavy atom. The Labute approximate surface area is 178 Å². The summed E-state index contributed by atoms with van der Waals surface area (Å²) < 4.78 is 0. The molecule has 0 spiro atoms. The Morgan fingerprint density at radius 1 is 0.897 bits per heavy atom. The van der Waals surface area contributed by atoms with Gasteiger partial charge in [-0.25, -0.2) is 0 Å². The molecule has 1 amide bonds. The highest BCUT2D eigenvalue weighted by Gasteiger charge is 2.39. The standard InChI is InChI=1S/C27H39NO/c1-2-3-4-5-6-7-8-9-10-11-12-13-14-15-19-22-27(29)28-26-23-25(26)24-20-17-16-18-21-24/h6-7,9-10,12-13,16-18,20-21,25-26H,2-5,8,11,14-15,19,22-23H2,1H3,(H,28,29)/b7-6-,10-9-,13-12-/t25-,26+/m0/s1. The summed E-state index contributed by atoms with van der Waals surface area (Å²) in [6, 6.07) is 10.8. The average Bonchev–Trinajstić information content (AvgIpc) is 3.50. The Kier molecular flexibility index (Phi) is 11.9. The number of unbranched alkanes of at least 4 members (excludes halogenated alkanes) is 5. The summed E-state index contributed by atoms with van der Waals surface area (Å²) in [5, 5.41) is 3.18. The van der Waals surface area contributed by atoms with E-state index in [-0.39, 0.29) is 5.91 Å². The average molecular weight is 394 g/mol. The van der Waals surface area contributed by atoms with E-state index in [4.69, 9.17) is 0 Å². The molecule has 0 radical (unpaired) electrons. The molecule has 0 saturated heterocycles. The van der Waals surface area contributed by atoms with Crippen LogP contribution in [0, 0.1) is 0 Å². The molecule has 1 aromatic rings. The fourth-order valence-corrected chi connectivity index (χ4v) is 3.54. The zero-order valence-electron chi connectivity index (χ0n) is 18.2. The number of nitrogens with one attached hydrogen (secondary N) is 1. The summed E-state index contributed by atoms with van der Waals surface area (Å²) >= 11 is 0. The Morgan fingerprint density at radius 3 is 2.17 bits per heavy atom. The van der Waals surface area contributed by atoms with E-state index in [1.807, 2.05) is 6.07 Å². The molecule has 158 valence electrons. The second-order valence-corrected chi connectivity index (χ2v) is 8.05. The highest BCUT2D eigenvalue weighted by molar-refractivity contribution is 5.76. The van der Waals surface area contributed by atoms with E-state index < -0.39 is 0 Å². The maximum absolute atomic E-state index is 12.1. The zero-order valence-corrected chi connectivity index (χ0v) is 18.2. The summed E-state index contributed by atoms with van der Waals surface area (Å²) in [6.07, 6.45) is 25.6. The monoisotopic (exact) mass is 393 g/mol. The Balaban J connectivity index is 1.41. The van der Waals surface area contributed by atoms with Crippen LogP contribution in [0.25, 0.3) is 0 Å². The smallest absolute Gasteiger partial charge is 0.220 e. The van der Waals surface area contributed by atoms with Gasteiger partial charge in [-0.1, -0.05) is 86.6 Å². The number of hydrogen-bond acceptors (Lipinski definition) is 1. The van der Waals surface area contributed by atoms with Crippen molar-refractivity contribution < 1.29 is 4.79 Å². The van der Waals surface area contributed by atoms with Crippen molar-refractivity contribution in [2.24, 2.45) is 0 Å². The summed E-state index contributed by atoms with van der Waals surface area (Å²) in [6.45, 7) is 2.24. The lowest BCUT2D eigenvalue weighted by molar-refractivity contribution is -0.121. The van der Waals surface area contributed by atoms with E-state index in [1.54, 1.807) is 0 Å². The molecule has 1 aliphatic carbocycles. The first-order valence-electron chi connectivity index (χ1n) is 11.6. The first kappa shape index (κ1) is 23.2. The predicted octanol–water partition coefficient (Wildman–Crippen LogP) is 7.25. The highest BCUT2D eigenvalue weighted by atomic mass is 16.1. The third-order valence-electron chi connectivity index (χ3n) is 5.41. The van der Waals surface area contributed by atoms with E-state index in [2.05, 4.69) is 73.0 Å². The molecule has 1 saturated carbocycles. The van der Waals surface area contributed by atoms with Crippen LogP contribution in [-0.2, 0) is 4.79 Å². The Hall–Kier alpha value is -2.09. The quantitative estimate of drug-likeness (QED) is 0.247. The molecule has 0 aliphatic heterocycles. The van der Waals surface area contributed by atoms with Crippen molar-refractivity contribution in [3.63, 3.8) is 0 Å². The van der Waals surface area contributed by atoms with Crippen LogP contribution in [0.15, 0.2) is 66.8 Å². The number of benzene rings is 1. The maximum atomic E-state index is 12.1. The van der Waals surface area contributed by atoms with Gasteiger partial charge in [-0.3, -0.25) is 4.79 Å². The lowest BCUT2D eigenvalue weighted by Gasteiger charge is -2.04. The number of carbonyl (C=O) groups is 1. The topological polar surface area (TPSA) is 29.1 Å². The number of rotatable bonds is 15. The molecule has 2 nitrogen and oxygen atoms in total. The molecule has 29 heavy (non-hydrogen) atoms. The molecule has 2 rings (SSSR count). The van der Waals surface area contributed by atoms with E-state index in [0.29, 0.717) is 18.4 Å². The predicted molar refractivity (Wildman–Crippen MR) is 125 cm³/mol. The van der Waals surface area contributed by atoms with Gasteiger partial charge in [0.1, 0.15) is 0 Å². The lowest BCUT2D eigenvalue weighted by Crippen LogP contribution is -2.26. The molecule has 2 atom stereocenters. The third-order valence-corrected chi connectivity index (χ3v) is 5.41. The van der Waals surface area contributed by atoms with Crippen LogP contribution in [0.3, 0.4) is 0 Å². The van der Waals surface area contributed by atoms with E-state index in [9.17, 15) is 4.79 Å². The van der Waals surface area contributed by atoms with Crippen LogP contribution in [0.5, 0.6) is 0 Å². The lowest BCUT2D eigenvalue weighted by atomic mass is 10.1. The van der Waals surface area contributed by atoms with E-state index in [0.717, 1.165) is 38.5 Å². The fourth-order valence-electron chi connectivity index (χ4n) is 3.54. The number of amides is 1. The molecule has 1 fully saturated rings. The number of allylic oxidation sites excluding steroid dienone is 6. The Bertz CT molecular complexity index is 644. The summed E-state index contributed by atoms with van der Waals surface area (Å²) in [5.41, 5.74) is 1.35. The van der Waals surface area contributed by atoms with E-state index in [1.165, 1.54) is 31.2 Å². The van der Waals surface area contributed by atoms with Crippen molar-refractivity contribution in [2.75, 3.05) is 0 Å². The molecule has 0 bridgehead atoms. The van der Waals surface area contributed by atoms with Gasteiger partial charge < -0.3 is 5.32 Å². The van der Waals surface area contributed by atoms with Crippen LogP contribution in [-0.4, -0.2) is 11.9 Å². The first-order chi connectivity index (χ1) is 14.3. The highest BCUT2D eigenvalue weighted by Crippen LogP contribution is 2.40. The normalized spacial score (nSPS) is 18.8. The van der Waals surface area contributed by atoms with Crippen molar-refractivity contribution in [2.45, 2.75) is 89.5 Å². The molecule has 0 aromatic heterocycles. The van der Waals surface area contributed by atoms with Gasteiger partial charge in [0.05, 0.1) is 0 Å². The largest absolute Gasteiger partial charge is 0.353 e. The summed E-state index contributed by atoms with van der Waals surface area (Å²) in [5.74, 6) is 0.732. The van der Waals surface area contributed by atoms with Gasteiger partial charge in [0.25, 0.3) is 0 Å². The molecule has 0 unspecified atom stereocenters. The van der Waals surface area contributed by atoms with Gasteiger partial charge in [-0.05, 0) is 56.9 Å². The van der Waals surface area contributed by atoms with Gasteiger partial charge in [0.2, 0.25) is 5.91 Å². The van der Waals surface area contributed by atoms with Crippen molar-refractivity contribution >= 4 is 5.91 Å². The molecule has 2 heteroatoms. The minimum Gasteiger partial charge on any atom is -0.353 e. The van der Waals surface area contributed by atoms with Crippen molar-refractivity contribution in [3.8, 4) is 0 Å². The van der Waals surface area contributed by atoms with Gasteiger partial charge in [-0.15, -0.1) is 0 Å². The van der Waals surface area contributed by atoms with Crippen LogP contribution in [0.2, 0.25) is 0 Å². The van der Waals surface area contributed by atoms with Crippen LogP contribution < -0.4 is 5.32 Å². The van der Waals surface area contributed by atoms with Crippen molar-refractivity contribution in [3.05, 3.63) is 72.4 Å². The van der Waals surface area contributed by atoms with E-state index >= 15 is 0 Å². The molecular formula is C27H39NO. The molecule has 1 aromatic carbocycles. The fraction of sp³-hybridized carbons (Fsp3) is 0.519. The van der Waals surface area contributed by atoms with Crippen LogP contribution in [0.4, 0.5) is 0 Å². The van der Waals surface area contributed by atoms with Crippen LogP contribution >= 0.6 is 0 Å². The molecule has 1 N–H and O–H groups in total. The number of carbonyl (C=O) groups excluding carboxylic acids is 1. The van der Waals surface area contributed by atoms with Crippen LogP contribution in [0.1, 0.15) is 89.0 Å². The molecular weight excluding hydrogens is 354 g/mol. The molecule has 0 heterocycles. The minimum atomic E-state index is 0.211. The maximum Gasteiger partial charge on any atom is 0.220 e. The molecule has 1 aliphatic rings. The first-order valence-corrected chi connectivity index (χ1v) is 11.6. The van der Waals surface area contributed by atoms with Gasteiger partial charge in [0.15, 0.2) is 0 Å². The van der Waals surface area contributed by atoms with Gasteiger partial charge in [-0.2, -0.15) is 0 Å². The second kappa shape index (κ2) is 14.8. The SMILES string of the molecule is CCCCC/C=C\C/C=C\C/C=C\CCCCC(=O)N[C@@H]1C[C@H]1c1ccccc1. The van der Waals surface area contributed by atoms with Gasteiger partial charge in [0, 0.05) is 18.4 Å². The summed E-state index contributed by atoms with van der Waals surface area (Å²) in [7, 11) is 0.